The number of hydrogen-bond donors (Lipinski definition) is 1. The first-order chi connectivity index (χ1) is 14.6. The lowest BCUT2D eigenvalue weighted by Gasteiger charge is -2.12. The lowest BCUT2D eigenvalue weighted by molar-refractivity contribution is -0.115. The summed E-state index contributed by atoms with van der Waals surface area (Å²) in [4.78, 5) is 17.5. The fraction of sp³-hybridized carbons (Fsp3) is 0.130. The van der Waals surface area contributed by atoms with Crippen LogP contribution in [0.15, 0.2) is 71.9 Å². The number of benzene rings is 3. The third-order valence-electron chi connectivity index (χ3n) is 5.19. The maximum atomic E-state index is 12.8. The molecule has 3 aromatic carbocycles. The topological polar surface area (TPSA) is 72.7 Å². The van der Waals surface area contributed by atoms with Gasteiger partial charge in [-0.3, -0.25) is 4.79 Å². The molecule has 5 aromatic rings. The molecule has 30 heavy (non-hydrogen) atoms. The van der Waals surface area contributed by atoms with Crippen LogP contribution in [-0.4, -0.2) is 30.9 Å². The van der Waals surface area contributed by atoms with Gasteiger partial charge in [0.05, 0.1) is 10.8 Å². The zero-order valence-electron chi connectivity index (χ0n) is 16.5. The second kappa shape index (κ2) is 7.42. The highest BCUT2D eigenvalue weighted by Crippen LogP contribution is 2.28. The van der Waals surface area contributed by atoms with Crippen LogP contribution in [-0.2, 0) is 11.8 Å². The molecule has 0 aliphatic carbocycles. The highest BCUT2D eigenvalue weighted by atomic mass is 32.2. The number of aromatic nitrogens is 4. The Bertz CT molecular complexity index is 1410. The van der Waals surface area contributed by atoms with E-state index in [-0.39, 0.29) is 11.2 Å². The van der Waals surface area contributed by atoms with Gasteiger partial charge in [0, 0.05) is 23.5 Å². The van der Waals surface area contributed by atoms with Gasteiger partial charge >= 0.3 is 0 Å². The SMILES string of the molecule is CC(Sc1nnc2c3ccccc3n(C)c2n1)C(=O)Nc1cccc2ccccc12. The Morgan fingerprint density at radius 2 is 1.70 bits per heavy atom. The van der Waals surface area contributed by atoms with Crippen molar-refractivity contribution < 1.29 is 4.79 Å². The Hall–Kier alpha value is -3.45. The van der Waals surface area contributed by atoms with Crippen LogP contribution < -0.4 is 5.32 Å². The molecule has 0 aliphatic rings. The number of anilines is 1. The van der Waals surface area contributed by atoms with E-state index >= 15 is 0 Å². The van der Waals surface area contributed by atoms with Gasteiger partial charge in [0.15, 0.2) is 5.65 Å². The van der Waals surface area contributed by atoms with Gasteiger partial charge < -0.3 is 9.88 Å². The maximum Gasteiger partial charge on any atom is 0.237 e. The van der Waals surface area contributed by atoms with Crippen molar-refractivity contribution in [3.8, 4) is 0 Å². The normalized spacial score (nSPS) is 12.5. The molecular weight excluding hydrogens is 394 g/mol. The van der Waals surface area contributed by atoms with Crippen molar-refractivity contribution in [2.45, 2.75) is 17.3 Å². The second-order valence-electron chi connectivity index (χ2n) is 7.12. The molecule has 0 aliphatic heterocycles. The summed E-state index contributed by atoms with van der Waals surface area (Å²) in [7, 11) is 1.96. The third-order valence-corrected chi connectivity index (χ3v) is 6.14. The van der Waals surface area contributed by atoms with E-state index in [0.29, 0.717) is 5.16 Å². The minimum absolute atomic E-state index is 0.0999. The van der Waals surface area contributed by atoms with E-state index < -0.39 is 0 Å². The number of carbonyl (C=O) groups is 1. The average Bonchev–Trinajstić information content (AvgIpc) is 3.06. The van der Waals surface area contributed by atoms with Gasteiger partial charge in [-0.15, -0.1) is 10.2 Å². The van der Waals surface area contributed by atoms with E-state index in [1.807, 2.05) is 85.3 Å². The van der Waals surface area contributed by atoms with Crippen LogP contribution in [0.4, 0.5) is 5.69 Å². The number of para-hydroxylation sites is 1. The van der Waals surface area contributed by atoms with Crippen molar-refractivity contribution in [1.82, 2.24) is 19.7 Å². The molecule has 0 saturated heterocycles. The summed E-state index contributed by atoms with van der Waals surface area (Å²) in [5, 5.41) is 14.9. The largest absolute Gasteiger partial charge is 0.327 e. The number of fused-ring (bicyclic) bond motifs is 4. The fourth-order valence-electron chi connectivity index (χ4n) is 3.62. The van der Waals surface area contributed by atoms with Crippen LogP contribution >= 0.6 is 11.8 Å². The predicted molar refractivity (Wildman–Crippen MR) is 122 cm³/mol. The molecule has 0 spiro atoms. The predicted octanol–water partition coefficient (Wildman–Crippen LogP) is 4.79. The van der Waals surface area contributed by atoms with Gasteiger partial charge in [0.1, 0.15) is 5.52 Å². The summed E-state index contributed by atoms with van der Waals surface area (Å²) in [6.07, 6.45) is 0. The van der Waals surface area contributed by atoms with Gasteiger partial charge in [0.25, 0.3) is 0 Å². The Kier molecular flexibility index (Phi) is 4.59. The smallest absolute Gasteiger partial charge is 0.237 e. The molecule has 2 heterocycles. The zero-order valence-corrected chi connectivity index (χ0v) is 17.4. The third kappa shape index (κ3) is 3.17. The zero-order chi connectivity index (χ0) is 20.7. The molecule has 0 fully saturated rings. The first-order valence-corrected chi connectivity index (χ1v) is 10.5. The van der Waals surface area contributed by atoms with Crippen LogP contribution in [0.3, 0.4) is 0 Å². The first-order valence-electron chi connectivity index (χ1n) is 9.65. The van der Waals surface area contributed by atoms with E-state index in [1.165, 1.54) is 11.8 Å². The van der Waals surface area contributed by atoms with Crippen molar-refractivity contribution in [2.24, 2.45) is 7.05 Å². The molecule has 5 rings (SSSR count). The Balaban J connectivity index is 1.40. The Morgan fingerprint density at radius 3 is 2.57 bits per heavy atom. The number of aryl methyl sites for hydroxylation is 1. The maximum absolute atomic E-state index is 12.8. The van der Waals surface area contributed by atoms with Gasteiger partial charge in [-0.25, -0.2) is 4.98 Å². The molecule has 0 radical (unpaired) electrons. The highest BCUT2D eigenvalue weighted by Gasteiger charge is 2.19. The van der Waals surface area contributed by atoms with Gasteiger partial charge in [-0.2, -0.15) is 0 Å². The summed E-state index contributed by atoms with van der Waals surface area (Å²) in [6, 6.07) is 21.9. The van der Waals surface area contributed by atoms with E-state index in [9.17, 15) is 4.79 Å². The number of nitrogens with one attached hydrogen (secondary N) is 1. The molecule has 1 unspecified atom stereocenters. The Morgan fingerprint density at radius 1 is 0.967 bits per heavy atom. The monoisotopic (exact) mass is 413 g/mol. The molecule has 148 valence electrons. The number of hydrogen-bond acceptors (Lipinski definition) is 5. The lowest BCUT2D eigenvalue weighted by atomic mass is 10.1. The van der Waals surface area contributed by atoms with Gasteiger partial charge in [0.2, 0.25) is 11.1 Å². The van der Waals surface area contributed by atoms with Crippen molar-refractivity contribution in [2.75, 3.05) is 5.32 Å². The summed E-state index contributed by atoms with van der Waals surface area (Å²) in [6.45, 7) is 1.85. The second-order valence-corrected chi connectivity index (χ2v) is 8.43. The molecule has 1 atom stereocenters. The highest BCUT2D eigenvalue weighted by molar-refractivity contribution is 8.00. The van der Waals surface area contributed by atoms with Crippen LogP contribution in [0.1, 0.15) is 6.92 Å². The van der Waals surface area contributed by atoms with Crippen molar-refractivity contribution in [3.63, 3.8) is 0 Å². The molecule has 0 bridgehead atoms. The first kappa shape index (κ1) is 18.6. The summed E-state index contributed by atoms with van der Waals surface area (Å²) >= 11 is 1.30. The number of rotatable bonds is 4. The number of nitrogens with zero attached hydrogens (tertiary/aromatic N) is 4. The van der Waals surface area contributed by atoms with Crippen molar-refractivity contribution in [3.05, 3.63) is 66.7 Å². The standard InChI is InChI=1S/C23H19N5OS/c1-14(22(29)24-18-12-7-9-15-8-3-4-10-16(15)18)30-23-25-21-20(26-27-23)17-11-5-6-13-19(17)28(21)2/h3-14H,1-2H3,(H,24,29). The van der Waals surface area contributed by atoms with Crippen LogP contribution in [0.2, 0.25) is 0 Å². The molecule has 1 amide bonds. The van der Waals surface area contributed by atoms with Crippen LogP contribution in [0.25, 0.3) is 32.8 Å². The average molecular weight is 414 g/mol. The quantitative estimate of drug-likeness (QED) is 0.429. The molecular formula is C23H19N5OS. The summed E-state index contributed by atoms with van der Waals surface area (Å²) < 4.78 is 2.00. The molecule has 6 nitrogen and oxygen atoms in total. The van der Waals surface area contributed by atoms with E-state index in [2.05, 4.69) is 20.5 Å². The minimum atomic E-state index is -0.377. The molecule has 0 saturated carbocycles. The number of thioether (sulfide) groups is 1. The molecule has 1 N–H and O–H groups in total. The minimum Gasteiger partial charge on any atom is -0.327 e. The van der Waals surface area contributed by atoms with Gasteiger partial charge in [-0.05, 0) is 24.4 Å². The molecule has 2 aromatic heterocycles. The number of amides is 1. The van der Waals surface area contributed by atoms with Crippen LogP contribution in [0.5, 0.6) is 0 Å². The fourth-order valence-corrected chi connectivity index (χ4v) is 4.33. The summed E-state index contributed by atoms with van der Waals surface area (Å²) in [5.41, 5.74) is 3.38. The van der Waals surface area contributed by atoms with E-state index in [0.717, 1.165) is 38.5 Å². The lowest BCUT2D eigenvalue weighted by Crippen LogP contribution is -2.22. The van der Waals surface area contributed by atoms with Crippen molar-refractivity contribution >= 4 is 56.2 Å². The number of carbonyl (C=O) groups excluding carboxylic acids is 1. The summed E-state index contributed by atoms with van der Waals surface area (Å²) in [5.74, 6) is -0.0999. The van der Waals surface area contributed by atoms with Crippen molar-refractivity contribution in [1.29, 1.82) is 0 Å². The van der Waals surface area contributed by atoms with E-state index in [4.69, 9.17) is 0 Å². The van der Waals surface area contributed by atoms with Crippen LogP contribution in [0, 0.1) is 0 Å². The molecule has 7 heteroatoms. The Labute approximate surface area is 177 Å². The van der Waals surface area contributed by atoms with E-state index in [1.54, 1.807) is 0 Å². The van der Waals surface area contributed by atoms with Gasteiger partial charge in [-0.1, -0.05) is 66.4 Å².